The summed E-state index contributed by atoms with van der Waals surface area (Å²) in [7, 11) is 0. The Morgan fingerprint density at radius 3 is 3.00 bits per heavy atom. The van der Waals surface area contributed by atoms with Gasteiger partial charge in [0.15, 0.2) is 16.7 Å². The molecule has 4 nitrogen and oxygen atoms in total. The van der Waals surface area contributed by atoms with Crippen LogP contribution in [-0.2, 0) is 6.54 Å². The van der Waals surface area contributed by atoms with Gasteiger partial charge in [-0.3, -0.25) is 0 Å². The summed E-state index contributed by atoms with van der Waals surface area (Å²) in [6, 6.07) is 7.73. The Hall–Kier alpha value is -1.46. The summed E-state index contributed by atoms with van der Waals surface area (Å²) in [5.74, 6) is 1.56. The fraction of sp³-hybridized carbons (Fsp3) is 0.154. The van der Waals surface area contributed by atoms with Crippen molar-refractivity contribution in [1.82, 2.24) is 4.98 Å². The van der Waals surface area contributed by atoms with E-state index in [4.69, 9.17) is 21.1 Å². The number of rotatable bonds is 3. The van der Waals surface area contributed by atoms with Crippen molar-refractivity contribution >= 4 is 33.2 Å². The molecule has 2 aromatic rings. The van der Waals surface area contributed by atoms with Crippen molar-refractivity contribution in [2.75, 3.05) is 12.1 Å². The number of ether oxygens (including phenoxy) is 2. The molecule has 1 aliphatic heterocycles. The van der Waals surface area contributed by atoms with Crippen LogP contribution in [0.25, 0.3) is 0 Å². The highest BCUT2D eigenvalue weighted by Crippen LogP contribution is 2.33. The van der Waals surface area contributed by atoms with Crippen LogP contribution in [0.15, 0.2) is 34.9 Å². The molecule has 0 bridgehead atoms. The van der Waals surface area contributed by atoms with Gasteiger partial charge in [-0.1, -0.05) is 17.7 Å². The van der Waals surface area contributed by atoms with Gasteiger partial charge in [-0.2, -0.15) is 0 Å². The molecule has 0 saturated heterocycles. The van der Waals surface area contributed by atoms with E-state index in [0.717, 1.165) is 27.2 Å². The van der Waals surface area contributed by atoms with Crippen LogP contribution in [0.5, 0.6) is 11.5 Å². The van der Waals surface area contributed by atoms with Crippen molar-refractivity contribution < 1.29 is 9.47 Å². The van der Waals surface area contributed by atoms with Gasteiger partial charge in [0.2, 0.25) is 6.79 Å². The van der Waals surface area contributed by atoms with E-state index in [9.17, 15) is 0 Å². The second-order valence-corrected chi connectivity index (χ2v) is 5.31. The second-order valence-electron chi connectivity index (χ2n) is 4.03. The molecule has 0 atom stereocenters. The van der Waals surface area contributed by atoms with Crippen LogP contribution in [0.1, 0.15) is 5.56 Å². The molecule has 0 fully saturated rings. The molecule has 6 heteroatoms. The van der Waals surface area contributed by atoms with Crippen LogP contribution in [0.4, 0.5) is 5.69 Å². The number of aromatic nitrogens is 1. The lowest BCUT2D eigenvalue weighted by atomic mass is 10.2. The quantitative estimate of drug-likeness (QED) is 0.862. The van der Waals surface area contributed by atoms with E-state index in [-0.39, 0.29) is 6.79 Å². The van der Waals surface area contributed by atoms with Gasteiger partial charge < -0.3 is 14.8 Å². The van der Waals surface area contributed by atoms with E-state index < -0.39 is 0 Å². The van der Waals surface area contributed by atoms with Crippen molar-refractivity contribution in [3.05, 3.63) is 45.7 Å². The molecule has 1 aromatic carbocycles. The summed E-state index contributed by atoms with van der Waals surface area (Å²) in [4.78, 5) is 4.06. The number of hydrogen-bond acceptors (Lipinski definition) is 4. The number of benzene rings is 1. The first-order valence-corrected chi connectivity index (χ1v) is 6.83. The molecule has 0 aliphatic carbocycles. The molecule has 98 valence electrons. The number of halogens is 2. The molecule has 0 saturated carbocycles. The normalized spacial score (nSPS) is 12.5. The zero-order valence-electron chi connectivity index (χ0n) is 9.82. The van der Waals surface area contributed by atoms with Crippen LogP contribution in [0.2, 0.25) is 5.15 Å². The third kappa shape index (κ3) is 2.77. The zero-order chi connectivity index (χ0) is 13.2. The summed E-state index contributed by atoms with van der Waals surface area (Å²) in [6.07, 6.45) is 1.66. The number of hydrogen-bond donors (Lipinski definition) is 1. The van der Waals surface area contributed by atoms with E-state index in [1.807, 2.05) is 24.3 Å². The van der Waals surface area contributed by atoms with Crippen molar-refractivity contribution in [3.8, 4) is 11.5 Å². The highest BCUT2D eigenvalue weighted by atomic mass is 79.9. The Balaban J connectivity index is 1.74. The molecule has 0 amide bonds. The highest BCUT2D eigenvalue weighted by Gasteiger charge is 2.13. The smallest absolute Gasteiger partial charge is 0.231 e. The van der Waals surface area contributed by atoms with E-state index in [0.29, 0.717) is 11.7 Å². The zero-order valence-corrected chi connectivity index (χ0v) is 12.2. The van der Waals surface area contributed by atoms with Crippen LogP contribution in [0.3, 0.4) is 0 Å². The molecule has 1 aromatic heterocycles. The van der Waals surface area contributed by atoms with Gasteiger partial charge in [-0.25, -0.2) is 4.98 Å². The molecule has 3 rings (SSSR count). The number of nitrogens with zero attached hydrogens (tertiary/aromatic N) is 1. The van der Waals surface area contributed by atoms with E-state index >= 15 is 0 Å². The van der Waals surface area contributed by atoms with Crippen molar-refractivity contribution in [2.45, 2.75) is 6.54 Å². The van der Waals surface area contributed by atoms with Crippen LogP contribution in [-0.4, -0.2) is 11.8 Å². The monoisotopic (exact) mass is 340 g/mol. The minimum Gasteiger partial charge on any atom is -0.454 e. The lowest BCUT2D eigenvalue weighted by Gasteiger charge is -2.08. The first-order chi connectivity index (χ1) is 9.22. The summed E-state index contributed by atoms with van der Waals surface area (Å²) in [5, 5.41) is 3.69. The molecule has 2 heterocycles. The molecule has 0 unspecified atom stereocenters. The number of anilines is 1. The molecule has 1 aliphatic rings. The van der Waals surface area contributed by atoms with Gasteiger partial charge >= 0.3 is 0 Å². The van der Waals surface area contributed by atoms with Crippen molar-refractivity contribution in [3.63, 3.8) is 0 Å². The van der Waals surface area contributed by atoms with E-state index in [1.165, 1.54) is 0 Å². The average molecular weight is 342 g/mol. The fourth-order valence-corrected chi connectivity index (χ4v) is 2.30. The average Bonchev–Trinajstić information content (AvgIpc) is 2.87. The minimum absolute atomic E-state index is 0.285. The summed E-state index contributed by atoms with van der Waals surface area (Å²) >= 11 is 9.38. The fourth-order valence-electron chi connectivity index (χ4n) is 1.79. The number of fused-ring (bicyclic) bond motifs is 1. The number of nitrogens with one attached hydrogen (secondary N) is 1. The maximum absolute atomic E-state index is 6.02. The summed E-state index contributed by atoms with van der Waals surface area (Å²) < 4.78 is 11.5. The Morgan fingerprint density at radius 2 is 2.11 bits per heavy atom. The number of pyridine rings is 1. The third-order valence-corrected chi connectivity index (χ3v) is 3.46. The molecular formula is C13H10BrClN2O2. The lowest BCUT2D eigenvalue weighted by molar-refractivity contribution is 0.174. The van der Waals surface area contributed by atoms with Gasteiger partial charge in [0, 0.05) is 17.2 Å². The summed E-state index contributed by atoms with van der Waals surface area (Å²) in [6.45, 7) is 0.919. The molecule has 0 radical (unpaired) electrons. The SMILES string of the molecule is Clc1ncc(Br)cc1NCc1ccc2c(c1)OCO2. The maximum Gasteiger partial charge on any atom is 0.231 e. The first-order valence-electron chi connectivity index (χ1n) is 5.66. The largest absolute Gasteiger partial charge is 0.454 e. The van der Waals surface area contributed by atoms with Crippen LogP contribution in [0, 0.1) is 0 Å². The van der Waals surface area contributed by atoms with Gasteiger partial charge in [0.1, 0.15) is 0 Å². The van der Waals surface area contributed by atoms with Crippen LogP contribution < -0.4 is 14.8 Å². The molecular weight excluding hydrogens is 332 g/mol. The predicted octanol–water partition coefficient (Wildman–Crippen LogP) is 3.84. The lowest BCUT2D eigenvalue weighted by Crippen LogP contribution is -2.00. The van der Waals surface area contributed by atoms with Gasteiger partial charge in [0.05, 0.1) is 5.69 Å². The minimum atomic E-state index is 0.285. The maximum atomic E-state index is 6.02. The van der Waals surface area contributed by atoms with E-state index in [1.54, 1.807) is 6.20 Å². The first kappa shape index (κ1) is 12.6. The Bertz CT molecular complexity index is 622. The van der Waals surface area contributed by atoms with Crippen molar-refractivity contribution in [2.24, 2.45) is 0 Å². The highest BCUT2D eigenvalue weighted by molar-refractivity contribution is 9.10. The van der Waals surface area contributed by atoms with Gasteiger partial charge in [-0.15, -0.1) is 0 Å². The van der Waals surface area contributed by atoms with Gasteiger partial charge in [-0.05, 0) is 39.7 Å². The Labute approximate surface area is 123 Å². The van der Waals surface area contributed by atoms with Crippen LogP contribution >= 0.6 is 27.5 Å². The predicted molar refractivity (Wildman–Crippen MR) is 76.8 cm³/mol. The van der Waals surface area contributed by atoms with E-state index in [2.05, 4.69) is 26.2 Å². The molecule has 19 heavy (non-hydrogen) atoms. The van der Waals surface area contributed by atoms with Crippen molar-refractivity contribution in [1.29, 1.82) is 0 Å². The standard InChI is InChI=1S/C13H10BrClN2O2/c14-9-4-10(13(15)17-6-9)16-5-8-1-2-11-12(3-8)19-7-18-11/h1-4,6,16H,5,7H2. The Morgan fingerprint density at radius 1 is 1.26 bits per heavy atom. The Kier molecular flexibility index (Phi) is 3.48. The second kappa shape index (κ2) is 5.27. The van der Waals surface area contributed by atoms with Gasteiger partial charge in [0.25, 0.3) is 0 Å². The summed E-state index contributed by atoms with van der Waals surface area (Å²) in [5.41, 5.74) is 1.87. The topological polar surface area (TPSA) is 43.4 Å². The molecule has 1 N–H and O–H groups in total. The third-order valence-electron chi connectivity index (χ3n) is 2.73. The molecule has 0 spiro atoms.